The predicted molar refractivity (Wildman–Crippen MR) is 216 cm³/mol. The second kappa shape index (κ2) is 14.1. The molecule has 2 aliphatic heterocycles. The Labute approximate surface area is 313 Å². The van der Waals surface area contributed by atoms with Gasteiger partial charge in [0.15, 0.2) is 0 Å². The van der Waals surface area contributed by atoms with Crippen molar-refractivity contribution in [3.05, 3.63) is 165 Å². The van der Waals surface area contributed by atoms with E-state index in [4.69, 9.17) is 0 Å². The number of fused-ring (bicyclic) bond motifs is 2. The first-order valence-corrected chi connectivity index (χ1v) is 19.5. The fraction of sp³-hybridized carbons (Fsp3) is 0.182. The van der Waals surface area contributed by atoms with E-state index in [2.05, 4.69) is 47.9 Å². The molecule has 8 heteroatoms. The number of unbranched alkanes of at least 4 members (excludes halogenated alkanes) is 2. The van der Waals surface area contributed by atoms with Crippen molar-refractivity contribution in [2.45, 2.75) is 49.3 Å². The maximum atomic E-state index is 11.1. The Hall–Kier alpha value is -5.18. The summed E-state index contributed by atoms with van der Waals surface area (Å²) in [6.07, 6.45) is 8.04. The zero-order valence-electron chi connectivity index (χ0n) is 29.1. The van der Waals surface area contributed by atoms with Crippen LogP contribution in [0.1, 0.15) is 50.7 Å². The van der Waals surface area contributed by atoms with Crippen molar-refractivity contribution in [1.82, 2.24) is 0 Å². The molecule has 0 aromatic heterocycles. The zero-order chi connectivity index (χ0) is 35.9. The largest absolute Gasteiger partial charge is 0.506 e. The number of para-hydroxylation sites is 2. The van der Waals surface area contributed by atoms with E-state index in [1.807, 2.05) is 84.9 Å². The van der Waals surface area contributed by atoms with E-state index in [1.165, 1.54) is 9.79 Å². The highest BCUT2D eigenvalue weighted by Crippen LogP contribution is 2.50. The maximum absolute atomic E-state index is 11.1. The van der Waals surface area contributed by atoms with Crippen LogP contribution in [0.15, 0.2) is 163 Å². The maximum Gasteiger partial charge on any atom is 0.138 e. The summed E-state index contributed by atoms with van der Waals surface area (Å²) < 4.78 is 0. The molecule has 4 aromatic rings. The van der Waals surface area contributed by atoms with Gasteiger partial charge >= 0.3 is 0 Å². The third-order valence-corrected chi connectivity index (χ3v) is 12.2. The summed E-state index contributed by atoms with van der Waals surface area (Å²) in [7, 11) is 0. The fourth-order valence-electron chi connectivity index (χ4n) is 7.00. The molecule has 0 fully saturated rings. The molecule has 52 heavy (non-hydrogen) atoms. The normalized spacial score (nSPS) is 18.1. The van der Waals surface area contributed by atoms with Gasteiger partial charge in [-0.2, -0.15) is 0 Å². The van der Waals surface area contributed by atoms with E-state index < -0.39 is 0 Å². The molecule has 2 aliphatic carbocycles. The molecule has 0 atom stereocenters. The van der Waals surface area contributed by atoms with Crippen LogP contribution in [0.5, 0.6) is 0 Å². The molecule has 6 nitrogen and oxygen atoms in total. The highest BCUT2D eigenvalue weighted by molar-refractivity contribution is 8.04. The Bertz CT molecular complexity index is 2100. The van der Waals surface area contributed by atoms with Gasteiger partial charge in [-0.15, -0.1) is 0 Å². The van der Waals surface area contributed by atoms with Crippen LogP contribution in [0.25, 0.3) is 22.3 Å². The van der Waals surface area contributed by atoms with Gasteiger partial charge in [0, 0.05) is 22.9 Å². The lowest BCUT2D eigenvalue weighted by molar-refractivity contribution is 0.372. The van der Waals surface area contributed by atoms with Crippen LogP contribution >= 0.6 is 23.5 Å². The zero-order valence-corrected chi connectivity index (χ0v) is 30.8. The van der Waals surface area contributed by atoms with E-state index in [1.54, 1.807) is 23.5 Å². The smallest absolute Gasteiger partial charge is 0.138 e. The summed E-state index contributed by atoms with van der Waals surface area (Å²) in [5, 5.41) is 46.4. The molecule has 0 radical (unpaired) electrons. The van der Waals surface area contributed by atoms with Crippen molar-refractivity contribution < 1.29 is 20.4 Å². The van der Waals surface area contributed by atoms with Gasteiger partial charge in [-0.05, 0) is 71.5 Å². The van der Waals surface area contributed by atoms with Crippen molar-refractivity contribution in [3.8, 4) is 11.1 Å². The molecular weight excluding hydrogens is 685 g/mol. The van der Waals surface area contributed by atoms with E-state index >= 15 is 0 Å². The van der Waals surface area contributed by atoms with Crippen molar-refractivity contribution in [1.29, 1.82) is 0 Å². The first kappa shape index (κ1) is 33.9. The summed E-state index contributed by atoms with van der Waals surface area (Å²) in [4.78, 5) is 6.88. The highest BCUT2D eigenvalue weighted by atomic mass is 32.2. The Morgan fingerprint density at radius 1 is 0.481 bits per heavy atom. The van der Waals surface area contributed by atoms with E-state index in [0.717, 1.165) is 82.5 Å². The molecule has 262 valence electrons. The fourth-order valence-corrected chi connectivity index (χ4v) is 9.27. The Morgan fingerprint density at radius 2 is 0.846 bits per heavy atom. The molecule has 0 unspecified atom stereocenters. The van der Waals surface area contributed by atoms with Crippen LogP contribution in [-0.2, 0) is 0 Å². The van der Waals surface area contributed by atoms with Gasteiger partial charge < -0.3 is 30.2 Å². The van der Waals surface area contributed by atoms with Crippen molar-refractivity contribution in [2.75, 3.05) is 22.9 Å². The summed E-state index contributed by atoms with van der Waals surface area (Å²) in [5.41, 5.74) is 7.54. The molecular formula is C44H40N2O4S2. The van der Waals surface area contributed by atoms with E-state index in [0.29, 0.717) is 22.3 Å². The molecule has 4 N–H and O–H groups in total. The molecule has 4 aromatic carbocycles. The number of hydrogen-bond donors (Lipinski definition) is 4. The quantitative estimate of drug-likeness (QED) is 0.122. The molecule has 0 saturated heterocycles. The number of anilines is 2. The molecule has 0 bridgehead atoms. The average Bonchev–Trinajstić information content (AvgIpc) is 3.72. The van der Waals surface area contributed by atoms with Crippen molar-refractivity contribution >= 4 is 46.0 Å². The van der Waals surface area contributed by atoms with E-state index in [9.17, 15) is 20.4 Å². The minimum Gasteiger partial charge on any atom is -0.506 e. The number of thioether (sulfide) groups is 2. The molecule has 4 aliphatic rings. The Morgan fingerprint density at radius 3 is 1.21 bits per heavy atom. The number of rotatable bonds is 11. The van der Waals surface area contributed by atoms with Gasteiger partial charge in [0.05, 0.1) is 43.7 Å². The molecule has 0 spiro atoms. The summed E-state index contributed by atoms with van der Waals surface area (Å²) in [6, 6.07) is 32.1. The van der Waals surface area contributed by atoms with Gasteiger partial charge in [-0.3, -0.25) is 0 Å². The summed E-state index contributed by atoms with van der Waals surface area (Å²) in [5.74, 6) is 0.371. The number of aliphatic hydroxyl groups excluding tert-OH is 4. The molecule has 0 amide bonds. The second-order valence-corrected chi connectivity index (χ2v) is 15.4. The number of aliphatic hydroxyl groups is 4. The van der Waals surface area contributed by atoms with Crippen LogP contribution in [-0.4, -0.2) is 33.5 Å². The third-order valence-electron chi connectivity index (χ3n) is 9.93. The average molecular weight is 725 g/mol. The van der Waals surface area contributed by atoms with E-state index in [-0.39, 0.29) is 23.0 Å². The number of hydrogen-bond acceptors (Lipinski definition) is 8. The predicted octanol–water partition coefficient (Wildman–Crippen LogP) is 12.1. The molecule has 8 rings (SSSR count). The number of allylic oxidation sites excluding steroid dienone is 4. The lowest BCUT2D eigenvalue weighted by atomic mass is 9.86. The Balaban J connectivity index is 0.960. The lowest BCUT2D eigenvalue weighted by Gasteiger charge is -2.25. The van der Waals surface area contributed by atoms with Crippen LogP contribution < -0.4 is 9.80 Å². The lowest BCUT2D eigenvalue weighted by Crippen LogP contribution is -2.20. The van der Waals surface area contributed by atoms with Gasteiger partial charge in [0.25, 0.3) is 0 Å². The van der Waals surface area contributed by atoms with Crippen LogP contribution in [0.4, 0.5) is 11.4 Å². The second-order valence-electron chi connectivity index (χ2n) is 13.2. The van der Waals surface area contributed by atoms with Crippen LogP contribution in [0.3, 0.4) is 0 Å². The van der Waals surface area contributed by atoms with Crippen LogP contribution in [0.2, 0.25) is 0 Å². The minimum atomic E-state index is 0.0929. The van der Waals surface area contributed by atoms with Crippen molar-refractivity contribution in [3.63, 3.8) is 0 Å². The van der Waals surface area contributed by atoms with Gasteiger partial charge in [0.1, 0.15) is 23.0 Å². The number of nitrogens with zero attached hydrogens (tertiary/aromatic N) is 2. The SMILES string of the molecule is CCCCN1C(=CC2=C(O)C(c3ccc(-c4ccc(C5=C(O)C(C=C6Sc7ccccc7N6CCCC)=C5O)cc4)cc3)=C2O)Sc2ccccc21. The van der Waals surface area contributed by atoms with Gasteiger partial charge in [0.2, 0.25) is 0 Å². The molecule has 0 saturated carbocycles. The summed E-state index contributed by atoms with van der Waals surface area (Å²) in [6.45, 7) is 6.10. The van der Waals surface area contributed by atoms with Gasteiger partial charge in [-0.1, -0.05) is 123 Å². The molecule has 2 heterocycles. The first-order valence-electron chi connectivity index (χ1n) is 17.9. The highest BCUT2D eigenvalue weighted by Gasteiger charge is 2.34. The topological polar surface area (TPSA) is 87.4 Å². The number of benzene rings is 4. The van der Waals surface area contributed by atoms with Crippen LogP contribution in [0, 0.1) is 0 Å². The minimum absolute atomic E-state index is 0.0929. The van der Waals surface area contributed by atoms with Gasteiger partial charge in [-0.25, -0.2) is 0 Å². The monoisotopic (exact) mass is 724 g/mol. The van der Waals surface area contributed by atoms with Crippen molar-refractivity contribution in [2.24, 2.45) is 0 Å². The first-order chi connectivity index (χ1) is 25.4. The Kier molecular flexibility index (Phi) is 9.20. The summed E-state index contributed by atoms with van der Waals surface area (Å²) >= 11 is 3.31. The third kappa shape index (κ3) is 5.90. The standard InChI is InChI=1S/C44H40N2O4S2/c1-3-5-23-45-33-11-7-9-13-35(33)51-37(45)25-31-41(47)39(42(31)48)29-19-15-27(16-20-29)28-17-21-30(22-18-28)40-43(49)32(44(40)50)26-38-46(24-6-4-2)34-12-8-10-14-36(34)52-38/h7-22,25-26,47-50H,3-6,23-24H2,1-2H3.